The summed E-state index contributed by atoms with van der Waals surface area (Å²) in [6.07, 6.45) is -4.51. The molecule has 3 aromatic rings. The van der Waals surface area contributed by atoms with E-state index < -0.39 is 11.7 Å². The first kappa shape index (κ1) is 17.5. The van der Waals surface area contributed by atoms with Gasteiger partial charge >= 0.3 is 6.18 Å². The van der Waals surface area contributed by atoms with Crippen molar-refractivity contribution in [3.05, 3.63) is 65.5 Å². The Morgan fingerprint density at radius 1 is 1.12 bits per heavy atom. The number of aromatic nitrogens is 3. The van der Waals surface area contributed by atoms with E-state index in [9.17, 15) is 18.0 Å². The average molecular weight is 361 g/mol. The van der Waals surface area contributed by atoms with Gasteiger partial charge in [0.1, 0.15) is 5.82 Å². The molecule has 26 heavy (non-hydrogen) atoms. The van der Waals surface area contributed by atoms with Gasteiger partial charge in [-0.3, -0.25) is 9.89 Å². The molecule has 0 spiro atoms. The highest BCUT2D eigenvalue weighted by molar-refractivity contribution is 5.94. The summed E-state index contributed by atoms with van der Waals surface area (Å²) in [6.45, 7) is -0.00953. The molecular formula is C17H14F3N5O. The minimum Gasteiger partial charge on any atom is -0.399 e. The zero-order chi connectivity index (χ0) is 18.7. The minimum atomic E-state index is -4.51. The molecule has 134 valence electrons. The molecule has 9 heteroatoms. The van der Waals surface area contributed by atoms with Crippen molar-refractivity contribution in [3.8, 4) is 11.4 Å². The van der Waals surface area contributed by atoms with Crippen LogP contribution in [0.3, 0.4) is 0 Å². The number of H-pyrrole nitrogens is 1. The zero-order valence-electron chi connectivity index (χ0n) is 13.3. The number of nitrogen functional groups attached to an aromatic ring is 1. The maximum absolute atomic E-state index is 13.1. The van der Waals surface area contributed by atoms with Crippen LogP contribution >= 0.6 is 0 Å². The SMILES string of the molecule is Nc1ccc(C(=O)NCc2nc(-c3ccccc3C(F)(F)F)n[nH]2)cc1. The third-order valence-electron chi connectivity index (χ3n) is 3.59. The van der Waals surface area contributed by atoms with Gasteiger partial charge in [0, 0.05) is 16.8 Å². The Balaban J connectivity index is 1.73. The zero-order valence-corrected chi connectivity index (χ0v) is 13.3. The monoisotopic (exact) mass is 361 g/mol. The summed E-state index contributed by atoms with van der Waals surface area (Å²) in [5.41, 5.74) is 5.54. The second kappa shape index (κ2) is 6.87. The van der Waals surface area contributed by atoms with E-state index in [4.69, 9.17) is 5.73 Å². The molecule has 0 aliphatic heterocycles. The molecule has 4 N–H and O–H groups in total. The van der Waals surface area contributed by atoms with Gasteiger partial charge in [-0.05, 0) is 30.3 Å². The minimum absolute atomic E-state index is 0.00953. The average Bonchev–Trinajstić information content (AvgIpc) is 3.08. The summed E-state index contributed by atoms with van der Waals surface area (Å²) in [4.78, 5) is 16.1. The van der Waals surface area contributed by atoms with Gasteiger partial charge in [-0.2, -0.15) is 18.3 Å². The van der Waals surface area contributed by atoms with E-state index in [0.717, 1.165) is 6.07 Å². The van der Waals surface area contributed by atoms with Crippen LogP contribution in [0.4, 0.5) is 18.9 Å². The van der Waals surface area contributed by atoms with Crippen LogP contribution in [0.15, 0.2) is 48.5 Å². The number of amides is 1. The summed E-state index contributed by atoms with van der Waals surface area (Å²) in [5, 5.41) is 8.96. The molecule has 1 heterocycles. The first-order chi connectivity index (χ1) is 12.3. The molecule has 2 aromatic carbocycles. The van der Waals surface area contributed by atoms with E-state index in [0.29, 0.717) is 11.3 Å². The number of rotatable bonds is 4. The maximum Gasteiger partial charge on any atom is 0.417 e. The molecule has 0 aliphatic carbocycles. The van der Waals surface area contributed by atoms with E-state index in [2.05, 4.69) is 20.5 Å². The van der Waals surface area contributed by atoms with Gasteiger partial charge in [0.15, 0.2) is 5.82 Å². The number of nitrogens with two attached hydrogens (primary N) is 1. The number of hydrogen-bond acceptors (Lipinski definition) is 4. The lowest BCUT2D eigenvalue weighted by atomic mass is 10.1. The normalized spacial score (nSPS) is 11.3. The Labute approximate surface area is 146 Å². The van der Waals surface area contributed by atoms with E-state index in [-0.39, 0.29) is 29.7 Å². The molecule has 0 fully saturated rings. The van der Waals surface area contributed by atoms with Crippen molar-refractivity contribution in [2.24, 2.45) is 0 Å². The van der Waals surface area contributed by atoms with Crippen LogP contribution in [-0.2, 0) is 12.7 Å². The molecule has 6 nitrogen and oxygen atoms in total. The molecule has 0 aliphatic rings. The van der Waals surface area contributed by atoms with Gasteiger partial charge < -0.3 is 11.1 Å². The third kappa shape index (κ3) is 3.82. The molecule has 0 atom stereocenters. The van der Waals surface area contributed by atoms with Crippen molar-refractivity contribution < 1.29 is 18.0 Å². The highest BCUT2D eigenvalue weighted by Gasteiger charge is 2.34. The predicted octanol–water partition coefficient (Wildman–Crippen LogP) is 3.00. The van der Waals surface area contributed by atoms with E-state index in [1.807, 2.05) is 0 Å². The number of alkyl halides is 3. The molecule has 0 bridgehead atoms. The lowest BCUT2D eigenvalue weighted by Gasteiger charge is -2.09. The highest BCUT2D eigenvalue weighted by Crippen LogP contribution is 2.35. The van der Waals surface area contributed by atoms with Crippen molar-refractivity contribution in [3.63, 3.8) is 0 Å². The van der Waals surface area contributed by atoms with Crippen molar-refractivity contribution in [1.29, 1.82) is 0 Å². The fourth-order valence-electron chi connectivity index (χ4n) is 2.32. The number of halogens is 3. The van der Waals surface area contributed by atoms with Crippen molar-refractivity contribution in [2.45, 2.75) is 12.7 Å². The van der Waals surface area contributed by atoms with Gasteiger partial charge in [-0.1, -0.05) is 18.2 Å². The Morgan fingerprint density at radius 3 is 2.50 bits per heavy atom. The van der Waals surface area contributed by atoms with Crippen LogP contribution in [0, 0.1) is 0 Å². The van der Waals surface area contributed by atoms with Crippen molar-refractivity contribution in [1.82, 2.24) is 20.5 Å². The van der Waals surface area contributed by atoms with E-state index in [1.54, 1.807) is 24.3 Å². The lowest BCUT2D eigenvalue weighted by molar-refractivity contribution is -0.137. The third-order valence-corrected chi connectivity index (χ3v) is 3.59. The maximum atomic E-state index is 13.1. The van der Waals surface area contributed by atoms with E-state index >= 15 is 0 Å². The fraction of sp³-hybridized carbons (Fsp3) is 0.118. The van der Waals surface area contributed by atoms with Crippen molar-refractivity contribution in [2.75, 3.05) is 5.73 Å². The van der Waals surface area contributed by atoms with Gasteiger partial charge in [-0.25, -0.2) is 4.98 Å². The molecule has 0 saturated carbocycles. The van der Waals surface area contributed by atoms with Crippen LogP contribution in [-0.4, -0.2) is 21.1 Å². The van der Waals surface area contributed by atoms with Gasteiger partial charge in [0.25, 0.3) is 5.91 Å². The van der Waals surface area contributed by atoms with Gasteiger partial charge in [-0.15, -0.1) is 0 Å². The number of carbonyl (C=O) groups excluding carboxylic acids is 1. The summed E-state index contributed by atoms with van der Waals surface area (Å²) >= 11 is 0. The molecule has 1 amide bonds. The quantitative estimate of drug-likeness (QED) is 0.623. The number of nitrogens with zero attached hydrogens (tertiary/aromatic N) is 2. The Bertz CT molecular complexity index is 919. The molecule has 0 saturated heterocycles. The first-order valence-electron chi connectivity index (χ1n) is 7.56. The van der Waals surface area contributed by atoms with Crippen LogP contribution in [0.25, 0.3) is 11.4 Å². The summed E-state index contributed by atoms with van der Waals surface area (Å²) in [5.74, 6) is -0.214. The van der Waals surface area contributed by atoms with Gasteiger partial charge in [0.05, 0.1) is 12.1 Å². The molecular weight excluding hydrogens is 347 g/mol. The second-order valence-corrected chi connectivity index (χ2v) is 5.45. The number of aromatic amines is 1. The number of nitrogens with one attached hydrogen (secondary N) is 2. The topological polar surface area (TPSA) is 96.7 Å². The standard InChI is InChI=1S/C17H14F3N5O/c18-17(19,20)13-4-2-1-3-12(13)15-23-14(24-25-15)9-22-16(26)10-5-7-11(21)8-6-10/h1-8H,9,21H2,(H,22,26)(H,23,24,25). The fourth-order valence-corrected chi connectivity index (χ4v) is 2.32. The van der Waals surface area contributed by atoms with E-state index in [1.165, 1.54) is 18.2 Å². The smallest absolute Gasteiger partial charge is 0.399 e. The van der Waals surface area contributed by atoms with Crippen LogP contribution in [0.5, 0.6) is 0 Å². The van der Waals surface area contributed by atoms with Crippen LogP contribution in [0.2, 0.25) is 0 Å². The largest absolute Gasteiger partial charge is 0.417 e. The molecule has 1 aromatic heterocycles. The Morgan fingerprint density at radius 2 is 1.81 bits per heavy atom. The highest BCUT2D eigenvalue weighted by atomic mass is 19.4. The first-order valence-corrected chi connectivity index (χ1v) is 7.56. The second-order valence-electron chi connectivity index (χ2n) is 5.45. The van der Waals surface area contributed by atoms with Crippen LogP contribution in [0.1, 0.15) is 21.7 Å². The molecule has 3 rings (SSSR count). The number of hydrogen-bond donors (Lipinski definition) is 3. The van der Waals surface area contributed by atoms with Crippen molar-refractivity contribution >= 4 is 11.6 Å². The number of benzene rings is 2. The summed E-state index contributed by atoms with van der Waals surface area (Å²) in [6, 6.07) is 11.4. The Hall–Kier alpha value is -3.36. The Kier molecular flexibility index (Phi) is 4.61. The molecule has 0 radical (unpaired) electrons. The number of carbonyl (C=O) groups is 1. The van der Waals surface area contributed by atoms with Crippen LogP contribution < -0.4 is 11.1 Å². The predicted molar refractivity (Wildman–Crippen MR) is 88.8 cm³/mol. The number of anilines is 1. The summed E-state index contributed by atoms with van der Waals surface area (Å²) < 4.78 is 39.2. The molecule has 0 unspecified atom stereocenters. The summed E-state index contributed by atoms with van der Waals surface area (Å²) in [7, 11) is 0. The lowest BCUT2D eigenvalue weighted by Crippen LogP contribution is -2.23. The van der Waals surface area contributed by atoms with Gasteiger partial charge in [0.2, 0.25) is 0 Å².